The first-order valence-corrected chi connectivity index (χ1v) is 6.76. The van der Waals surface area contributed by atoms with E-state index in [2.05, 4.69) is 11.9 Å². The predicted octanol–water partition coefficient (Wildman–Crippen LogP) is 5.28. The average molecular weight is 306 g/mol. The maximum absolute atomic E-state index is 12.3. The van der Waals surface area contributed by atoms with Crippen LogP contribution < -0.4 is 5.32 Å². The van der Waals surface area contributed by atoms with Gasteiger partial charge in [0.25, 0.3) is 5.91 Å². The molecule has 0 radical (unpaired) electrons. The van der Waals surface area contributed by atoms with Gasteiger partial charge in [-0.05, 0) is 36.8 Å². The van der Waals surface area contributed by atoms with Crippen LogP contribution in [-0.2, 0) is 0 Å². The van der Waals surface area contributed by atoms with Crippen molar-refractivity contribution in [3.8, 4) is 0 Å². The Bertz CT molecular complexity index is 680. The first kappa shape index (κ1) is 14.6. The number of rotatable bonds is 3. The molecule has 4 heteroatoms. The van der Waals surface area contributed by atoms with Crippen LogP contribution in [0, 0.1) is 0 Å². The zero-order valence-corrected chi connectivity index (χ0v) is 12.4. The molecule has 2 aromatic rings. The van der Waals surface area contributed by atoms with Crippen molar-refractivity contribution in [1.82, 2.24) is 0 Å². The van der Waals surface area contributed by atoms with E-state index in [1.807, 2.05) is 6.92 Å². The monoisotopic (exact) mass is 305 g/mol. The molecule has 0 fully saturated rings. The summed E-state index contributed by atoms with van der Waals surface area (Å²) in [6.45, 7) is 5.72. The fourth-order valence-corrected chi connectivity index (χ4v) is 2.45. The summed E-state index contributed by atoms with van der Waals surface area (Å²) in [6.07, 6.45) is 0. The van der Waals surface area contributed by atoms with Gasteiger partial charge in [-0.2, -0.15) is 0 Å². The van der Waals surface area contributed by atoms with Gasteiger partial charge in [0.15, 0.2) is 0 Å². The summed E-state index contributed by atoms with van der Waals surface area (Å²) in [6, 6.07) is 12.2. The Hall–Kier alpha value is -1.77. The second kappa shape index (κ2) is 6.12. The fourth-order valence-electron chi connectivity index (χ4n) is 1.90. The minimum Gasteiger partial charge on any atom is -0.321 e. The van der Waals surface area contributed by atoms with Gasteiger partial charge in [-0.25, -0.2) is 0 Å². The molecule has 0 aromatic heterocycles. The molecule has 0 aliphatic heterocycles. The average Bonchev–Trinajstić information content (AvgIpc) is 2.38. The summed E-state index contributed by atoms with van der Waals surface area (Å²) in [4.78, 5) is 12.3. The van der Waals surface area contributed by atoms with Gasteiger partial charge in [-0.3, -0.25) is 4.79 Å². The fraction of sp³-hybridized carbons (Fsp3) is 0.0625. The first-order chi connectivity index (χ1) is 9.50. The maximum Gasteiger partial charge on any atom is 0.257 e. The Morgan fingerprint density at radius 3 is 2.35 bits per heavy atom. The maximum atomic E-state index is 12.3. The summed E-state index contributed by atoms with van der Waals surface area (Å²) in [5, 5.41) is 3.78. The lowest BCUT2D eigenvalue weighted by Crippen LogP contribution is -2.13. The number of carbonyl (C=O) groups is 1. The first-order valence-electron chi connectivity index (χ1n) is 6.01. The van der Waals surface area contributed by atoms with Gasteiger partial charge in [0, 0.05) is 5.56 Å². The highest BCUT2D eigenvalue weighted by Gasteiger charge is 2.13. The Balaban J connectivity index is 2.36. The van der Waals surface area contributed by atoms with Gasteiger partial charge in [-0.15, -0.1) is 0 Å². The van der Waals surface area contributed by atoms with Gasteiger partial charge in [0.2, 0.25) is 0 Å². The molecule has 0 aliphatic rings. The molecule has 0 saturated carbocycles. The van der Waals surface area contributed by atoms with E-state index in [4.69, 9.17) is 23.2 Å². The number of halogens is 2. The standard InChI is InChI=1S/C16H13Cl2NO/c1-10(2)15-13(18)8-5-9-14(15)19-16(20)11-6-3-4-7-12(11)17/h3-9H,1H2,2H3,(H,19,20). The van der Waals surface area contributed by atoms with Crippen LogP contribution in [0.4, 0.5) is 5.69 Å². The van der Waals surface area contributed by atoms with Crippen LogP contribution in [0.1, 0.15) is 22.8 Å². The van der Waals surface area contributed by atoms with Crippen LogP contribution >= 0.6 is 23.2 Å². The molecule has 1 N–H and O–H groups in total. The molecule has 0 atom stereocenters. The Labute approximate surface area is 128 Å². The van der Waals surface area contributed by atoms with E-state index >= 15 is 0 Å². The highest BCUT2D eigenvalue weighted by Crippen LogP contribution is 2.30. The third-order valence-electron chi connectivity index (χ3n) is 2.81. The smallest absolute Gasteiger partial charge is 0.257 e. The Kier molecular flexibility index (Phi) is 4.48. The van der Waals surface area contributed by atoms with E-state index in [1.165, 1.54) is 0 Å². The van der Waals surface area contributed by atoms with Crippen molar-refractivity contribution in [2.24, 2.45) is 0 Å². The summed E-state index contributed by atoms with van der Waals surface area (Å²) >= 11 is 12.2. The van der Waals surface area contributed by atoms with E-state index in [1.54, 1.807) is 42.5 Å². The van der Waals surface area contributed by atoms with Crippen LogP contribution in [0.5, 0.6) is 0 Å². The van der Waals surface area contributed by atoms with Crippen molar-refractivity contribution in [1.29, 1.82) is 0 Å². The molecule has 0 unspecified atom stereocenters. The van der Waals surface area contributed by atoms with Crippen LogP contribution in [0.15, 0.2) is 49.0 Å². The van der Waals surface area contributed by atoms with Gasteiger partial charge in [0.1, 0.15) is 0 Å². The van der Waals surface area contributed by atoms with Crippen molar-refractivity contribution in [3.63, 3.8) is 0 Å². The molecule has 0 saturated heterocycles. The zero-order chi connectivity index (χ0) is 14.7. The molecule has 2 nitrogen and oxygen atoms in total. The summed E-state index contributed by atoms with van der Waals surface area (Å²) in [5.41, 5.74) is 2.55. The third-order valence-corrected chi connectivity index (χ3v) is 3.45. The van der Waals surface area contributed by atoms with E-state index in [9.17, 15) is 4.79 Å². The topological polar surface area (TPSA) is 29.1 Å². The van der Waals surface area contributed by atoms with E-state index in [-0.39, 0.29) is 5.91 Å². The van der Waals surface area contributed by atoms with Gasteiger partial charge in [-0.1, -0.05) is 48.0 Å². The van der Waals surface area contributed by atoms with Crippen LogP contribution in [0.3, 0.4) is 0 Å². The Morgan fingerprint density at radius 1 is 1.05 bits per heavy atom. The SMILES string of the molecule is C=C(C)c1c(Cl)cccc1NC(=O)c1ccccc1Cl. The van der Waals surface area contributed by atoms with Crippen molar-refractivity contribution in [2.45, 2.75) is 6.92 Å². The normalized spacial score (nSPS) is 10.2. The largest absolute Gasteiger partial charge is 0.321 e. The van der Waals surface area contributed by atoms with Crippen LogP contribution in [0.2, 0.25) is 10.0 Å². The summed E-state index contributed by atoms with van der Waals surface area (Å²) in [7, 11) is 0. The number of hydrogen-bond acceptors (Lipinski definition) is 1. The molecule has 20 heavy (non-hydrogen) atoms. The van der Waals surface area contributed by atoms with Crippen molar-refractivity contribution >= 4 is 40.4 Å². The number of amides is 1. The molecule has 0 bridgehead atoms. The lowest BCUT2D eigenvalue weighted by molar-refractivity contribution is 0.102. The molecule has 0 spiro atoms. The number of allylic oxidation sites excluding steroid dienone is 1. The molecular weight excluding hydrogens is 293 g/mol. The summed E-state index contributed by atoms with van der Waals surface area (Å²) in [5.74, 6) is -0.277. The Morgan fingerprint density at radius 2 is 1.70 bits per heavy atom. The molecular formula is C16H13Cl2NO. The second-order valence-corrected chi connectivity index (χ2v) is 5.19. The lowest BCUT2D eigenvalue weighted by Gasteiger charge is -2.13. The van der Waals surface area contributed by atoms with E-state index in [0.717, 1.165) is 11.1 Å². The molecule has 2 rings (SSSR count). The predicted molar refractivity (Wildman–Crippen MR) is 85.6 cm³/mol. The van der Waals surface area contributed by atoms with Crippen molar-refractivity contribution < 1.29 is 4.79 Å². The highest BCUT2D eigenvalue weighted by atomic mass is 35.5. The minimum atomic E-state index is -0.277. The lowest BCUT2D eigenvalue weighted by atomic mass is 10.1. The number of benzene rings is 2. The summed E-state index contributed by atoms with van der Waals surface area (Å²) < 4.78 is 0. The van der Waals surface area contributed by atoms with E-state index < -0.39 is 0 Å². The quantitative estimate of drug-likeness (QED) is 0.821. The van der Waals surface area contributed by atoms with Gasteiger partial charge >= 0.3 is 0 Å². The highest BCUT2D eigenvalue weighted by molar-refractivity contribution is 6.35. The van der Waals surface area contributed by atoms with Crippen molar-refractivity contribution in [3.05, 3.63) is 70.2 Å². The number of anilines is 1. The molecule has 2 aromatic carbocycles. The number of hydrogen-bond donors (Lipinski definition) is 1. The second-order valence-electron chi connectivity index (χ2n) is 4.38. The van der Waals surface area contributed by atoms with E-state index in [0.29, 0.717) is 21.3 Å². The number of nitrogens with one attached hydrogen (secondary N) is 1. The molecule has 0 heterocycles. The molecule has 0 aliphatic carbocycles. The van der Waals surface area contributed by atoms with Gasteiger partial charge < -0.3 is 5.32 Å². The molecule has 102 valence electrons. The molecule has 1 amide bonds. The number of carbonyl (C=O) groups excluding carboxylic acids is 1. The van der Waals surface area contributed by atoms with Crippen LogP contribution in [0.25, 0.3) is 5.57 Å². The minimum absolute atomic E-state index is 0.277. The third kappa shape index (κ3) is 3.03. The zero-order valence-electron chi connectivity index (χ0n) is 10.9. The van der Waals surface area contributed by atoms with Crippen LogP contribution in [-0.4, -0.2) is 5.91 Å². The van der Waals surface area contributed by atoms with Gasteiger partial charge in [0.05, 0.1) is 21.3 Å². The van der Waals surface area contributed by atoms with Crippen molar-refractivity contribution in [2.75, 3.05) is 5.32 Å².